The van der Waals surface area contributed by atoms with E-state index in [0.717, 1.165) is 24.8 Å². The van der Waals surface area contributed by atoms with E-state index in [0.29, 0.717) is 0 Å². The highest BCUT2D eigenvalue weighted by atomic mass is 16.5. The molecule has 1 saturated carbocycles. The first-order valence-electron chi connectivity index (χ1n) is 5.75. The summed E-state index contributed by atoms with van der Waals surface area (Å²) in [4.78, 5) is 0. The zero-order valence-electron chi connectivity index (χ0n) is 9.33. The van der Waals surface area contributed by atoms with Crippen molar-refractivity contribution in [2.75, 3.05) is 13.7 Å². The molecule has 82 valence electrons. The van der Waals surface area contributed by atoms with Gasteiger partial charge in [0.05, 0.1) is 7.11 Å². The van der Waals surface area contributed by atoms with Crippen LogP contribution in [0, 0.1) is 0 Å². The van der Waals surface area contributed by atoms with Crippen LogP contribution in [0.5, 0.6) is 5.75 Å². The zero-order chi connectivity index (χ0) is 10.5. The van der Waals surface area contributed by atoms with E-state index in [9.17, 15) is 0 Å². The minimum Gasteiger partial charge on any atom is -0.497 e. The van der Waals surface area contributed by atoms with Crippen LogP contribution >= 0.6 is 0 Å². The molecule has 2 rings (SSSR count). The Kier molecular flexibility index (Phi) is 3.62. The fraction of sp³-hybridized carbons (Fsp3) is 0.538. The third kappa shape index (κ3) is 2.96. The Labute approximate surface area is 91.6 Å². The molecule has 0 bridgehead atoms. The van der Waals surface area contributed by atoms with E-state index < -0.39 is 0 Å². The van der Waals surface area contributed by atoms with Gasteiger partial charge in [-0.15, -0.1) is 0 Å². The standard InChI is InChI=1S/C13H19NO/c1-15-13-7-5-11(6-8-13)9-10-14-12-3-2-4-12/h5-8,12,14H,2-4,9-10H2,1H3. The molecule has 15 heavy (non-hydrogen) atoms. The minimum atomic E-state index is 0.795. The molecule has 1 N–H and O–H groups in total. The molecule has 0 heterocycles. The van der Waals surface area contributed by atoms with Crippen LogP contribution in [0.2, 0.25) is 0 Å². The molecular weight excluding hydrogens is 186 g/mol. The maximum absolute atomic E-state index is 5.12. The van der Waals surface area contributed by atoms with Gasteiger partial charge in [0.25, 0.3) is 0 Å². The second-order valence-corrected chi connectivity index (χ2v) is 4.18. The number of nitrogens with one attached hydrogen (secondary N) is 1. The number of rotatable bonds is 5. The summed E-state index contributed by atoms with van der Waals surface area (Å²) in [6.07, 6.45) is 5.24. The van der Waals surface area contributed by atoms with Crippen molar-refractivity contribution in [3.63, 3.8) is 0 Å². The first kappa shape index (κ1) is 10.5. The Morgan fingerprint density at radius 1 is 1.27 bits per heavy atom. The minimum absolute atomic E-state index is 0.795. The van der Waals surface area contributed by atoms with Crippen LogP contribution in [0.15, 0.2) is 24.3 Å². The third-order valence-electron chi connectivity index (χ3n) is 3.11. The summed E-state index contributed by atoms with van der Waals surface area (Å²) in [5, 5.41) is 3.56. The van der Waals surface area contributed by atoms with Gasteiger partial charge in [-0.2, -0.15) is 0 Å². The molecule has 1 aliphatic rings. The van der Waals surface area contributed by atoms with E-state index in [1.165, 1.54) is 24.8 Å². The quantitative estimate of drug-likeness (QED) is 0.797. The molecule has 0 aromatic heterocycles. The van der Waals surface area contributed by atoms with Crippen LogP contribution in [0.1, 0.15) is 24.8 Å². The molecule has 0 saturated heterocycles. The first-order valence-corrected chi connectivity index (χ1v) is 5.75. The predicted octanol–water partition coefficient (Wildman–Crippen LogP) is 2.38. The molecule has 1 aliphatic carbocycles. The van der Waals surface area contributed by atoms with Crippen LogP contribution < -0.4 is 10.1 Å². The monoisotopic (exact) mass is 205 g/mol. The molecule has 0 radical (unpaired) electrons. The largest absolute Gasteiger partial charge is 0.497 e. The van der Waals surface area contributed by atoms with Gasteiger partial charge in [0.1, 0.15) is 5.75 Å². The first-order chi connectivity index (χ1) is 7.38. The summed E-state index contributed by atoms with van der Waals surface area (Å²) in [6.45, 7) is 1.09. The van der Waals surface area contributed by atoms with E-state index in [-0.39, 0.29) is 0 Å². The van der Waals surface area contributed by atoms with Crippen molar-refractivity contribution in [1.29, 1.82) is 0 Å². The highest BCUT2D eigenvalue weighted by Crippen LogP contribution is 2.18. The van der Waals surface area contributed by atoms with Gasteiger partial charge in [-0.25, -0.2) is 0 Å². The van der Waals surface area contributed by atoms with Crippen LogP contribution in [0.4, 0.5) is 0 Å². The lowest BCUT2D eigenvalue weighted by atomic mass is 9.93. The molecule has 1 fully saturated rings. The van der Waals surface area contributed by atoms with Gasteiger partial charge in [0.15, 0.2) is 0 Å². The van der Waals surface area contributed by atoms with Crippen molar-refractivity contribution in [1.82, 2.24) is 5.32 Å². The van der Waals surface area contributed by atoms with E-state index in [1.54, 1.807) is 7.11 Å². The molecule has 0 amide bonds. The number of ether oxygens (including phenoxy) is 1. The van der Waals surface area contributed by atoms with Gasteiger partial charge >= 0.3 is 0 Å². The summed E-state index contributed by atoms with van der Waals surface area (Å²) in [5.74, 6) is 0.936. The van der Waals surface area contributed by atoms with Gasteiger partial charge in [-0.3, -0.25) is 0 Å². The second-order valence-electron chi connectivity index (χ2n) is 4.18. The Bertz CT molecular complexity index is 290. The topological polar surface area (TPSA) is 21.3 Å². The Morgan fingerprint density at radius 3 is 2.53 bits per heavy atom. The highest BCUT2D eigenvalue weighted by Gasteiger charge is 2.15. The van der Waals surface area contributed by atoms with E-state index >= 15 is 0 Å². The molecule has 2 heteroatoms. The summed E-state index contributed by atoms with van der Waals surface area (Å²) >= 11 is 0. The maximum Gasteiger partial charge on any atom is 0.118 e. The normalized spacial score (nSPS) is 16.1. The molecule has 1 aromatic rings. The van der Waals surface area contributed by atoms with Gasteiger partial charge in [0, 0.05) is 6.04 Å². The lowest BCUT2D eigenvalue weighted by Gasteiger charge is -2.26. The smallest absolute Gasteiger partial charge is 0.118 e. The van der Waals surface area contributed by atoms with Crippen LogP contribution in [0.25, 0.3) is 0 Å². The fourth-order valence-electron chi connectivity index (χ4n) is 1.83. The fourth-order valence-corrected chi connectivity index (χ4v) is 1.83. The number of hydrogen-bond acceptors (Lipinski definition) is 2. The SMILES string of the molecule is COc1ccc(CCNC2CCC2)cc1. The Hall–Kier alpha value is -1.02. The van der Waals surface area contributed by atoms with Crippen molar-refractivity contribution in [3.05, 3.63) is 29.8 Å². The predicted molar refractivity (Wildman–Crippen MR) is 62.3 cm³/mol. The van der Waals surface area contributed by atoms with Crippen molar-refractivity contribution < 1.29 is 4.74 Å². The van der Waals surface area contributed by atoms with E-state index in [2.05, 4.69) is 17.4 Å². The molecular formula is C13H19NO. The summed E-state index contributed by atoms with van der Waals surface area (Å²) in [7, 11) is 1.70. The number of methoxy groups -OCH3 is 1. The van der Waals surface area contributed by atoms with Gasteiger partial charge < -0.3 is 10.1 Å². The molecule has 0 unspecified atom stereocenters. The van der Waals surface area contributed by atoms with E-state index in [1.807, 2.05) is 12.1 Å². The van der Waals surface area contributed by atoms with Gasteiger partial charge in [0.2, 0.25) is 0 Å². The van der Waals surface area contributed by atoms with Crippen molar-refractivity contribution >= 4 is 0 Å². The second kappa shape index (κ2) is 5.17. The summed E-state index contributed by atoms with van der Waals surface area (Å²) in [5.41, 5.74) is 1.38. The lowest BCUT2D eigenvalue weighted by molar-refractivity contribution is 0.342. The Balaban J connectivity index is 1.72. The highest BCUT2D eigenvalue weighted by molar-refractivity contribution is 5.27. The van der Waals surface area contributed by atoms with Crippen molar-refractivity contribution in [2.45, 2.75) is 31.7 Å². The number of benzene rings is 1. The van der Waals surface area contributed by atoms with Crippen LogP contribution in [-0.2, 0) is 6.42 Å². The van der Waals surface area contributed by atoms with Crippen LogP contribution in [-0.4, -0.2) is 19.7 Å². The molecule has 1 aromatic carbocycles. The van der Waals surface area contributed by atoms with E-state index in [4.69, 9.17) is 4.74 Å². The molecule has 0 spiro atoms. The van der Waals surface area contributed by atoms with Crippen molar-refractivity contribution in [3.8, 4) is 5.75 Å². The Morgan fingerprint density at radius 2 is 2.00 bits per heavy atom. The van der Waals surface area contributed by atoms with Gasteiger partial charge in [-0.1, -0.05) is 18.6 Å². The summed E-state index contributed by atoms with van der Waals surface area (Å²) in [6, 6.07) is 9.13. The molecule has 0 atom stereocenters. The average Bonchev–Trinajstić information content (AvgIpc) is 2.23. The van der Waals surface area contributed by atoms with Crippen LogP contribution in [0.3, 0.4) is 0 Å². The molecule has 2 nitrogen and oxygen atoms in total. The number of hydrogen-bond donors (Lipinski definition) is 1. The zero-order valence-corrected chi connectivity index (χ0v) is 9.33. The average molecular weight is 205 g/mol. The summed E-state index contributed by atoms with van der Waals surface area (Å²) < 4.78 is 5.12. The third-order valence-corrected chi connectivity index (χ3v) is 3.11. The van der Waals surface area contributed by atoms with Gasteiger partial charge in [-0.05, 0) is 43.5 Å². The maximum atomic E-state index is 5.12. The lowest BCUT2D eigenvalue weighted by Crippen LogP contribution is -2.36. The van der Waals surface area contributed by atoms with Crippen molar-refractivity contribution in [2.24, 2.45) is 0 Å². The molecule has 0 aliphatic heterocycles.